The van der Waals surface area contributed by atoms with Gasteiger partial charge in [-0.2, -0.15) is 0 Å². The fraction of sp³-hybridized carbons (Fsp3) is 0.278. The second-order valence-corrected chi connectivity index (χ2v) is 7.17. The molecule has 0 atom stereocenters. The summed E-state index contributed by atoms with van der Waals surface area (Å²) in [6, 6.07) is 7.89. The van der Waals surface area contributed by atoms with Gasteiger partial charge >= 0.3 is 0 Å². The molecule has 120 valence electrons. The highest BCUT2D eigenvalue weighted by molar-refractivity contribution is 7.19. The average molecular weight is 336 g/mol. The van der Waals surface area contributed by atoms with Crippen molar-refractivity contribution in [1.82, 2.24) is 19.6 Å². The molecule has 5 rings (SSSR count). The van der Waals surface area contributed by atoms with Crippen LogP contribution in [0, 0.1) is 0 Å². The van der Waals surface area contributed by atoms with Crippen molar-refractivity contribution in [3.63, 3.8) is 0 Å². The Hall–Kier alpha value is -2.47. The zero-order valence-corrected chi connectivity index (χ0v) is 14.1. The molecular formula is C18H16N4OS. The molecule has 0 saturated carbocycles. The van der Waals surface area contributed by atoms with Crippen molar-refractivity contribution in [2.45, 2.75) is 25.7 Å². The van der Waals surface area contributed by atoms with Crippen molar-refractivity contribution >= 4 is 27.2 Å². The SMILES string of the molecule is COc1cccc(-c2nnc3c4c5c(sc4ncn23)CCCC5)c1. The minimum Gasteiger partial charge on any atom is -0.497 e. The van der Waals surface area contributed by atoms with E-state index in [0.29, 0.717) is 0 Å². The first-order valence-corrected chi connectivity index (χ1v) is 8.95. The number of ether oxygens (including phenoxy) is 1. The number of nitrogens with zero attached hydrogens (tertiary/aromatic N) is 4. The smallest absolute Gasteiger partial charge is 0.172 e. The third kappa shape index (κ3) is 1.96. The lowest BCUT2D eigenvalue weighted by Crippen LogP contribution is -1.99. The second kappa shape index (κ2) is 5.27. The van der Waals surface area contributed by atoms with E-state index >= 15 is 0 Å². The molecule has 1 aliphatic carbocycles. The Morgan fingerprint density at radius 3 is 3.00 bits per heavy atom. The molecule has 0 saturated heterocycles. The summed E-state index contributed by atoms with van der Waals surface area (Å²) in [6.45, 7) is 0. The number of aromatic nitrogens is 4. The molecule has 24 heavy (non-hydrogen) atoms. The van der Waals surface area contributed by atoms with Crippen molar-refractivity contribution in [3.05, 3.63) is 41.0 Å². The summed E-state index contributed by atoms with van der Waals surface area (Å²) in [5, 5.41) is 10.1. The van der Waals surface area contributed by atoms with E-state index in [1.807, 2.05) is 46.3 Å². The maximum atomic E-state index is 5.33. The van der Waals surface area contributed by atoms with Crippen LogP contribution < -0.4 is 4.74 Å². The Labute approximate surface area is 142 Å². The van der Waals surface area contributed by atoms with Gasteiger partial charge in [0.15, 0.2) is 11.5 Å². The van der Waals surface area contributed by atoms with Gasteiger partial charge in [-0.05, 0) is 43.4 Å². The standard InChI is InChI=1S/C18H16N4OS/c1-23-12-6-4-5-11(9-12)16-20-21-17-15-13-7-2-3-8-14(13)24-18(15)19-10-22(16)17/h4-6,9-10H,2-3,7-8H2,1H3. The number of hydrogen-bond acceptors (Lipinski definition) is 5. The van der Waals surface area contributed by atoms with E-state index in [0.717, 1.165) is 34.0 Å². The van der Waals surface area contributed by atoms with Crippen LogP contribution in [0.4, 0.5) is 0 Å². The van der Waals surface area contributed by atoms with E-state index in [1.165, 1.54) is 35.1 Å². The quantitative estimate of drug-likeness (QED) is 0.557. The Bertz CT molecular complexity index is 1070. The first kappa shape index (κ1) is 13.9. The summed E-state index contributed by atoms with van der Waals surface area (Å²) in [5.74, 6) is 1.61. The second-order valence-electron chi connectivity index (χ2n) is 6.08. The number of methoxy groups -OCH3 is 1. The zero-order chi connectivity index (χ0) is 16.1. The summed E-state index contributed by atoms with van der Waals surface area (Å²) in [7, 11) is 1.67. The highest BCUT2D eigenvalue weighted by Crippen LogP contribution is 2.37. The molecule has 0 fully saturated rings. The van der Waals surface area contributed by atoms with Crippen LogP contribution >= 0.6 is 11.3 Å². The van der Waals surface area contributed by atoms with E-state index in [-0.39, 0.29) is 0 Å². The minimum atomic E-state index is 0.800. The highest BCUT2D eigenvalue weighted by Gasteiger charge is 2.21. The van der Waals surface area contributed by atoms with E-state index in [1.54, 1.807) is 7.11 Å². The van der Waals surface area contributed by atoms with Crippen LogP contribution in [-0.2, 0) is 12.8 Å². The highest BCUT2D eigenvalue weighted by atomic mass is 32.1. The molecule has 4 aromatic rings. The fourth-order valence-electron chi connectivity index (χ4n) is 3.51. The first-order valence-electron chi connectivity index (χ1n) is 8.13. The van der Waals surface area contributed by atoms with Gasteiger partial charge in [-0.25, -0.2) is 4.98 Å². The summed E-state index contributed by atoms with van der Waals surface area (Å²) in [4.78, 5) is 7.24. The number of thiophene rings is 1. The summed E-state index contributed by atoms with van der Waals surface area (Å²) >= 11 is 1.81. The maximum absolute atomic E-state index is 5.33. The molecule has 3 aromatic heterocycles. The fourth-order valence-corrected chi connectivity index (χ4v) is 4.74. The van der Waals surface area contributed by atoms with Gasteiger partial charge in [0, 0.05) is 10.4 Å². The first-order chi connectivity index (χ1) is 11.8. The Morgan fingerprint density at radius 2 is 2.08 bits per heavy atom. The van der Waals surface area contributed by atoms with E-state index in [2.05, 4.69) is 15.2 Å². The number of aryl methyl sites for hydroxylation is 2. The molecule has 1 aromatic carbocycles. The van der Waals surface area contributed by atoms with Gasteiger partial charge in [-0.3, -0.25) is 4.40 Å². The molecule has 1 aliphatic rings. The monoisotopic (exact) mass is 336 g/mol. The number of fused-ring (bicyclic) bond motifs is 5. The van der Waals surface area contributed by atoms with Gasteiger partial charge in [0.25, 0.3) is 0 Å². The van der Waals surface area contributed by atoms with E-state index < -0.39 is 0 Å². The summed E-state index contributed by atoms with van der Waals surface area (Å²) in [5.41, 5.74) is 3.33. The lowest BCUT2D eigenvalue weighted by molar-refractivity contribution is 0.415. The van der Waals surface area contributed by atoms with Crippen LogP contribution in [0.2, 0.25) is 0 Å². The van der Waals surface area contributed by atoms with Crippen LogP contribution in [-0.4, -0.2) is 26.7 Å². The van der Waals surface area contributed by atoms with Crippen LogP contribution in [0.3, 0.4) is 0 Å². The Kier molecular flexibility index (Phi) is 3.06. The number of benzene rings is 1. The molecule has 6 heteroatoms. The van der Waals surface area contributed by atoms with Gasteiger partial charge < -0.3 is 4.74 Å². The van der Waals surface area contributed by atoms with Crippen molar-refractivity contribution in [1.29, 1.82) is 0 Å². The lowest BCUT2D eigenvalue weighted by atomic mass is 9.97. The summed E-state index contributed by atoms with van der Waals surface area (Å²) in [6.07, 6.45) is 6.65. The number of rotatable bonds is 2. The Morgan fingerprint density at radius 1 is 1.17 bits per heavy atom. The van der Waals surface area contributed by atoms with Gasteiger partial charge in [0.05, 0.1) is 12.5 Å². The third-order valence-corrected chi connectivity index (χ3v) is 5.89. The van der Waals surface area contributed by atoms with E-state index in [9.17, 15) is 0 Å². The van der Waals surface area contributed by atoms with E-state index in [4.69, 9.17) is 4.74 Å². The van der Waals surface area contributed by atoms with Crippen molar-refractivity contribution in [2.75, 3.05) is 7.11 Å². The molecule has 0 aliphatic heterocycles. The van der Waals surface area contributed by atoms with Gasteiger partial charge in [0.1, 0.15) is 16.9 Å². The topological polar surface area (TPSA) is 52.3 Å². The van der Waals surface area contributed by atoms with Crippen LogP contribution in [0.5, 0.6) is 5.75 Å². The van der Waals surface area contributed by atoms with Crippen molar-refractivity contribution in [3.8, 4) is 17.1 Å². The molecule has 0 amide bonds. The lowest BCUT2D eigenvalue weighted by Gasteiger charge is -2.10. The van der Waals surface area contributed by atoms with Crippen LogP contribution in [0.25, 0.3) is 27.3 Å². The maximum Gasteiger partial charge on any atom is 0.172 e. The molecule has 0 N–H and O–H groups in total. The van der Waals surface area contributed by atoms with Crippen molar-refractivity contribution in [2.24, 2.45) is 0 Å². The average Bonchev–Trinajstić information content (AvgIpc) is 3.22. The minimum absolute atomic E-state index is 0.800. The molecule has 0 spiro atoms. The molecule has 3 heterocycles. The molecule has 0 bridgehead atoms. The molecule has 0 unspecified atom stereocenters. The van der Waals surface area contributed by atoms with Gasteiger partial charge in [0.2, 0.25) is 0 Å². The van der Waals surface area contributed by atoms with Crippen LogP contribution in [0.15, 0.2) is 30.6 Å². The molecule has 5 nitrogen and oxygen atoms in total. The third-order valence-electron chi connectivity index (χ3n) is 4.69. The van der Waals surface area contributed by atoms with Gasteiger partial charge in [-0.15, -0.1) is 21.5 Å². The Balaban J connectivity index is 1.77. The molecular weight excluding hydrogens is 320 g/mol. The predicted octanol–water partition coefficient (Wildman–Crippen LogP) is 3.89. The zero-order valence-electron chi connectivity index (χ0n) is 13.3. The van der Waals surface area contributed by atoms with Crippen molar-refractivity contribution < 1.29 is 4.74 Å². The largest absolute Gasteiger partial charge is 0.497 e. The summed E-state index contributed by atoms with van der Waals surface area (Å²) < 4.78 is 7.32. The number of hydrogen-bond donors (Lipinski definition) is 0. The van der Waals surface area contributed by atoms with Gasteiger partial charge in [-0.1, -0.05) is 12.1 Å². The predicted molar refractivity (Wildman–Crippen MR) is 94.8 cm³/mol. The molecule has 0 radical (unpaired) electrons. The van der Waals surface area contributed by atoms with Crippen LogP contribution in [0.1, 0.15) is 23.3 Å². The normalized spacial score (nSPS) is 14.2.